The SMILES string of the molecule is CCc1[nH]nc2c1C(c1cccc(OC)c1OC)C(C#N)=C(N)O2. The van der Waals surface area contributed by atoms with E-state index in [1.54, 1.807) is 20.3 Å². The van der Waals surface area contributed by atoms with E-state index in [0.29, 0.717) is 29.4 Å². The summed E-state index contributed by atoms with van der Waals surface area (Å²) in [5.41, 5.74) is 8.74. The summed E-state index contributed by atoms with van der Waals surface area (Å²) in [7, 11) is 3.14. The molecule has 3 rings (SSSR count). The summed E-state index contributed by atoms with van der Waals surface area (Å²) in [6, 6.07) is 7.70. The van der Waals surface area contributed by atoms with Crippen LogP contribution in [-0.4, -0.2) is 24.4 Å². The van der Waals surface area contributed by atoms with Crippen LogP contribution in [0.4, 0.5) is 0 Å². The molecular weight excluding hydrogens is 308 g/mol. The van der Waals surface area contributed by atoms with Crippen molar-refractivity contribution >= 4 is 0 Å². The highest BCUT2D eigenvalue weighted by molar-refractivity contribution is 5.60. The molecule has 24 heavy (non-hydrogen) atoms. The van der Waals surface area contributed by atoms with Gasteiger partial charge in [0.1, 0.15) is 11.6 Å². The monoisotopic (exact) mass is 326 g/mol. The third-order valence-corrected chi connectivity index (χ3v) is 4.12. The van der Waals surface area contributed by atoms with Crippen LogP contribution in [0.5, 0.6) is 17.4 Å². The fraction of sp³-hybridized carbons (Fsp3) is 0.294. The predicted octanol–water partition coefficient (Wildman–Crippen LogP) is 2.21. The molecule has 1 aromatic carbocycles. The predicted molar refractivity (Wildman–Crippen MR) is 86.8 cm³/mol. The number of benzene rings is 1. The number of hydrogen-bond donors (Lipinski definition) is 2. The van der Waals surface area contributed by atoms with Crippen molar-refractivity contribution in [1.82, 2.24) is 10.2 Å². The zero-order valence-electron chi connectivity index (χ0n) is 13.7. The summed E-state index contributed by atoms with van der Waals surface area (Å²) in [5, 5.41) is 16.8. The lowest BCUT2D eigenvalue weighted by Gasteiger charge is -2.25. The van der Waals surface area contributed by atoms with Crippen LogP contribution in [0.25, 0.3) is 0 Å². The Bertz CT molecular complexity index is 848. The minimum absolute atomic E-state index is 0.0500. The van der Waals surface area contributed by atoms with Crippen LogP contribution in [-0.2, 0) is 6.42 Å². The molecule has 0 spiro atoms. The quantitative estimate of drug-likeness (QED) is 0.892. The molecule has 0 fully saturated rings. The number of rotatable bonds is 4. The van der Waals surface area contributed by atoms with Gasteiger partial charge >= 0.3 is 0 Å². The van der Waals surface area contributed by atoms with Gasteiger partial charge in [-0.25, -0.2) is 0 Å². The van der Waals surface area contributed by atoms with Crippen LogP contribution in [0.3, 0.4) is 0 Å². The Kier molecular flexibility index (Phi) is 4.04. The van der Waals surface area contributed by atoms with Gasteiger partial charge in [0.15, 0.2) is 11.5 Å². The summed E-state index contributed by atoms with van der Waals surface area (Å²) >= 11 is 0. The number of nitrogens with one attached hydrogen (secondary N) is 1. The van der Waals surface area contributed by atoms with Gasteiger partial charge in [0, 0.05) is 11.3 Å². The number of hydrogen-bond acceptors (Lipinski definition) is 6. The van der Waals surface area contributed by atoms with Gasteiger partial charge in [-0.15, -0.1) is 5.10 Å². The summed E-state index contributed by atoms with van der Waals surface area (Å²) < 4.78 is 16.4. The van der Waals surface area contributed by atoms with E-state index in [1.807, 2.05) is 19.1 Å². The van der Waals surface area contributed by atoms with Crippen LogP contribution in [0, 0.1) is 11.3 Å². The maximum Gasteiger partial charge on any atom is 0.244 e. The van der Waals surface area contributed by atoms with Crippen molar-refractivity contribution in [3.63, 3.8) is 0 Å². The highest BCUT2D eigenvalue weighted by Gasteiger charge is 2.36. The number of allylic oxidation sites excluding steroid dienone is 1. The zero-order chi connectivity index (χ0) is 17.3. The topological polar surface area (TPSA) is 106 Å². The van der Waals surface area contributed by atoms with E-state index in [1.165, 1.54) is 0 Å². The van der Waals surface area contributed by atoms with Gasteiger partial charge in [0.25, 0.3) is 0 Å². The third-order valence-electron chi connectivity index (χ3n) is 4.12. The van der Waals surface area contributed by atoms with Gasteiger partial charge in [-0.05, 0) is 12.5 Å². The largest absolute Gasteiger partial charge is 0.493 e. The number of H-pyrrole nitrogens is 1. The number of para-hydroxylation sites is 1. The van der Waals surface area contributed by atoms with Gasteiger partial charge in [-0.3, -0.25) is 5.10 Å². The number of aryl methyl sites for hydroxylation is 1. The maximum atomic E-state index is 9.64. The van der Waals surface area contributed by atoms with Gasteiger partial charge in [0.2, 0.25) is 11.8 Å². The molecule has 3 N–H and O–H groups in total. The Morgan fingerprint density at radius 3 is 2.79 bits per heavy atom. The van der Waals surface area contributed by atoms with E-state index in [0.717, 1.165) is 16.8 Å². The second-order valence-electron chi connectivity index (χ2n) is 5.28. The number of fused-ring (bicyclic) bond motifs is 1. The number of methoxy groups -OCH3 is 2. The summed E-state index contributed by atoms with van der Waals surface area (Å²) in [6.45, 7) is 2.00. The normalized spacial score (nSPS) is 16.2. The van der Waals surface area contributed by atoms with Crippen LogP contribution in [0.2, 0.25) is 0 Å². The molecule has 0 aliphatic carbocycles. The highest BCUT2D eigenvalue weighted by Crippen LogP contribution is 2.47. The standard InChI is InChI=1S/C17H18N4O3/c1-4-11-14-13(9-6-5-7-12(22-2)15(9)23-3)10(8-18)16(19)24-17(14)21-20-11/h5-7,13H,4,19H2,1-3H3,(H,20,21). The first-order valence-electron chi connectivity index (χ1n) is 7.51. The van der Waals surface area contributed by atoms with Crippen molar-refractivity contribution in [2.24, 2.45) is 5.73 Å². The molecule has 0 saturated carbocycles. The van der Waals surface area contributed by atoms with Gasteiger partial charge < -0.3 is 19.9 Å². The van der Waals surface area contributed by atoms with Crippen molar-refractivity contribution in [2.75, 3.05) is 14.2 Å². The van der Waals surface area contributed by atoms with E-state index in [9.17, 15) is 5.26 Å². The van der Waals surface area contributed by atoms with Crippen LogP contribution >= 0.6 is 0 Å². The number of nitrogens with zero attached hydrogens (tertiary/aromatic N) is 2. The number of nitriles is 1. The molecule has 0 radical (unpaired) electrons. The Balaban J connectivity index is 2.30. The molecule has 7 nitrogen and oxygen atoms in total. The average Bonchev–Trinajstić information content (AvgIpc) is 3.01. The fourth-order valence-corrected chi connectivity index (χ4v) is 3.03. The lowest BCUT2D eigenvalue weighted by Crippen LogP contribution is -2.21. The fourth-order valence-electron chi connectivity index (χ4n) is 3.03. The van der Waals surface area contributed by atoms with E-state index >= 15 is 0 Å². The molecule has 1 unspecified atom stereocenters. The minimum atomic E-state index is -0.433. The molecule has 1 atom stereocenters. The molecule has 0 amide bonds. The number of nitrogens with two attached hydrogens (primary N) is 1. The summed E-state index contributed by atoms with van der Waals surface area (Å²) in [4.78, 5) is 0. The lowest BCUT2D eigenvalue weighted by molar-refractivity contribution is 0.348. The summed E-state index contributed by atoms with van der Waals surface area (Å²) in [6.07, 6.45) is 0.715. The first-order chi connectivity index (χ1) is 11.7. The first kappa shape index (κ1) is 15.7. The smallest absolute Gasteiger partial charge is 0.244 e. The zero-order valence-corrected chi connectivity index (χ0v) is 13.7. The second-order valence-corrected chi connectivity index (χ2v) is 5.28. The van der Waals surface area contributed by atoms with Gasteiger partial charge in [0.05, 0.1) is 25.7 Å². The average molecular weight is 326 g/mol. The summed E-state index contributed by atoms with van der Waals surface area (Å²) in [5.74, 6) is 1.15. The molecule has 2 heterocycles. The van der Waals surface area contributed by atoms with Gasteiger partial charge in [-0.2, -0.15) is 5.26 Å². The van der Waals surface area contributed by atoms with Crippen LogP contribution in [0.15, 0.2) is 29.7 Å². The van der Waals surface area contributed by atoms with E-state index in [2.05, 4.69) is 16.3 Å². The third kappa shape index (κ3) is 2.24. The van der Waals surface area contributed by atoms with Crippen molar-refractivity contribution in [3.05, 3.63) is 46.5 Å². The minimum Gasteiger partial charge on any atom is -0.493 e. The van der Waals surface area contributed by atoms with Crippen LogP contribution < -0.4 is 19.9 Å². The Morgan fingerprint density at radius 2 is 2.17 bits per heavy atom. The van der Waals surface area contributed by atoms with Crippen molar-refractivity contribution < 1.29 is 14.2 Å². The van der Waals surface area contributed by atoms with Gasteiger partial charge in [-0.1, -0.05) is 19.1 Å². The van der Waals surface area contributed by atoms with E-state index in [4.69, 9.17) is 19.9 Å². The molecule has 0 saturated heterocycles. The molecule has 1 aliphatic rings. The number of aromatic amines is 1. The van der Waals surface area contributed by atoms with E-state index in [-0.39, 0.29) is 5.88 Å². The maximum absolute atomic E-state index is 9.64. The molecule has 1 aliphatic heterocycles. The molecule has 124 valence electrons. The van der Waals surface area contributed by atoms with Crippen molar-refractivity contribution in [1.29, 1.82) is 5.26 Å². The Morgan fingerprint density at radius 1 is 1.38 bits per heavy atom. The van der Waals surface area contributed by atoms with Crippen molar-refractivity contribution in [2.45, 2.75) is 19.3 Å². The highest BCUT2D eigenvalue weighted by atomic mass is 16.5. The Hall–Kier alpha value is -3.14. The second kappa shape index (κ2) is 6.16. The molecule has 7 heteroatoms. The molecule has 1 aromatic heterocycles. The van der Waals surface area contributed by atoms with E-state index < -0.39 is 5.92 Å². The molecule has 0 bridgehead atoms. The molecular formula is C17H18N4O3. The first-order valence-corrected chi connectivity index (χ1v) is 7.51. The molecule has 2 aromatic rings. The number of ether oxygens (including phenoxy) is 3. The lowest BCUT2D eigenvalue weighted by atomic mass is 9.83. The Labute approximate surface area is 139 Å². The van der Waals surface area contributed by atoms with Crippen LogP contribution in [0.1, 0.15) is 29.7 Å². The van der Waals surface area contributed by atoms with Crippen molar-refractivity contribution in [3.8, 4) is 23.4 Å². The number of aromatic nitrogens is 2.